The van der Waals surface area contributed by atoms with Gasteiger partial charge in [0.05, 0.1) is 12.6 Å². The molecular weight excluding hydrogens is 286 g/mol. The van der Waals surface area contributed by atoms with Crippen LogP contribution in [-0.4, -0.2) is 19.0 Å². The average molecular weight is 306 g/mol. The smallest absolute Gasteiger partial charge is 0.234 e. The summed E-state index contributed by atoms with van der Waals surface area (Å²) < 4.78 is 0. The van der Waals surface area contributed by atoms with Gasteiger partial charge in [0.15, 0.2) is 0 Å². The van der Waals surface area contributed by atoms with E-state index in [0.717, 1.165) is 5.56 Å². The SMILES string of the molecule is N#CCNC(=O)CNC(c1cccc(Cl)c1)C1CCCC1. The second-order valence-electron chi connectivity index (χ2n) is 5.39. The van der Waals surface area contributed by atoms with E-state index in [1.807, 2.05) is 24.3 Å². The Labute approximate surface area is 130 Å². The summed E-state index contributed by atoms with van der Waals surface area (Å²) in [5, 5.41) is 15.1. The quantitative estimate of drug-likeness (QED) is 0.794. The van der Waals surface area contributed by atoms with Gasteiger partial charge < -0.3 is 10.6 Å². The summed E-state index contributed by atoms with van der Waals surface area (Å²) in [7, 11) is 0. The summed E-state index contributed by atoms with van der Waals surface area (Å²) in [4.78, 5) is 11.7. The van der Waals surface area contributed by atoms with Gasteiger partial charge in [0, 0.05) is 11.1 Å². The van der Waals surface area contributed by atoms with E-state index < -0.39 is 0 Å². The van der Waals surface area contributed by atoms with Crippen molar-refractivity contribution in [3.05, 3.63) is 34.9 Å². The minimum absolute atomic E-state index is 0.0474. The van der Waals surface area contributed by atoms with Crippen LogP contribution in [0.2, 0.25) is 5.02 Å². The number of benzene rings is 1. The predicted molar refractivity (Wildman–Crippen MR) is 82.8 cm³/mol. The molecule has 1 unspecified atom stereocenters. The van der Waals surface area contributed by atoms with Gasteiger partial charge in [-0.2, -0.15) is 5.26 Å². The molecule has 1 aromatic rings. The minimum atomic E-state index is -0.151. The van der Waals surface area contributed by atoms with Gasteiger partial charge in [-0.3, -0.25) is 4.79 Å². The lowest BCUT2D eigenvalue weighted by molar-refractivity contribution is -0.120. The van der Waals surface area contributed by atoms with Crippen LogP contribution in [0.1, 0.15) is 37.3 Å². The maximum absolute atomic E-state index is 11.7. The number of nitrogens with zero attached hydrogens (tertiary/aromatic N) is 1. The Morgan fingerprint density at radius 1 is 1.43 bits per heavy atom. The van der Waals surface area contributed by atoms with Crippen LogP contribution >= 0.6 is 11.6 Å². The second kappa shape index (κ2) is 8.02. The predicted octanol–water partition coefficient (Wildman–Crippen LogP) is 2.80. The van der Waals surface area contributed by atoms with Gasteiger partial charge in [0.25, 0.3) is 0 Å². The number of halogens is 1. The normalized spacial score (nSPS) is 16.4. The van der Waals surface area contributed by atoms with E-state index in [1.54, 1.807) is 0 Å². The largest absolute Gasteiger partial charge is 0.342 e. The third-order valence-corrected chi connectivity index (χ3v) is 4.16. The van der Waals surface area contributed by atoms with E-state index in [9.17, 15) is 4.79 Å². The molecule has 0 radical (unpaired) electrons. The molecule has 4 nitrogen and oxygen atoms in total. The van der Waals surface area contributed by atoms with Crippen LogP contribution in [0.4, 0.5) is 0 Å². The van der Waals surface area contributed by atoms with Crippen molar-refractivity contribution in [2.45, 2.75) is 31.7 Å². The van der Waals surface area contributed by atoms with Gasteiger partial charge in [0.2, 0.25) is 5.91 Å². The molecule has 1 aromatic carbocycles. The maximum Gasteiger partial charge on any atom is 0.234 e. The lowest BCUT2D eigenvalue weighted by Gasteiger charge is -2.25. The van der Waals surface area contributed by atoms with Crippen molar-refractivity contribution in [3.63, 3.8) is 0 Å². The second-order valence-corrected chi connectivity index (χ2v) is 5.83. The third-order valence-electron chi connectivity index (χ3n) is 3.93. The van der Waals surface area contributed by atoms with Crippen molar-refractivity contribution in [1.82, 2.24) is 10.6 Å². The van der Waals surface area contributed by atoms with E-state index >= 15 is 0 Å². The van der Waals surface area contributed by atoms with Crippen LogP contribution < -0.4 is 10.6 Å². The Hall–Kier alpha value is -1.57. The van der Waals surface area contributed by atoms with Gasteiger partial charge in [-0.25, -0.2) is 0 Å². The Morgan fingerprint density at radius 3 is 2.86 bits per heavy atom. The monoisotopic (exact) mass is 305 g/mol. The maximum atomic E-state index is 11.7. The summed E-state index contributed by atoms with van der Waals surface area (Å²) in [5.74, 6) is 0.383. The third kappa shape index (κ3) is 4.73. The fourth-order valence-electron chi connectivity index (χ4n) is 2.95. The average Bonchev–Trinajstić information content (AvgIpc) is 2.99. The van der Waals surface area contributed by atoms with Crippen LogP contribution in [0.3, 0.4) is 0 Å². The molecule has 0 spiro atoms. The molecule has 0 heterocycles. The summed E-state index contributed by atoms with van der Waals surface area (Å²) in [6.45, 7) is 0.265. The zero-order chi connectivity index (χ0) is 15.1. The summed E-state index contributed by atoms with van der Waals surface area (Å²) in [6, 6.07) is 9.85. The number of hydrogen-bond acceptors (Lipinski definition) is 3. The Morgan fingerprint density at radius 2 is 2.19 bits per heavy atom. The molecule has 2 N–H and O–H groups in total. The molecule has 1 aliphatic rings. The van der Waals surface area contributed by atoms with Crippen LogP contribution in [0.5, 0.6) is 0 Å². The highest BCUT2D eigenvalue weighted by atomic mass is 35.5. The highest BCUT2D eigenvalue weighted by Crippen LogP contribution is 2.36. The number of amides is 1. The molecule has 0 bridgehead atoms. The highest BCUT2D eigenvalue weighted by Gasteiger charge is 2.26. The first-order chi connectivity index (χ1) is 10.2. The topological polar surface area (TPSA) is 64.9 Å². The van der Waals surface area contributed by atoms with Crippen LogP contribution in [0.25, 0.3) is 0 Å². The van der Waals surface area contributed by atoms with E-state index in [-0.39, 0.29) is 25.0 Å². The molecule has 1 atom stereocenters. The summed E-state index contributed by atoms with van der Waals surface area (Å²) >= 11 is 6.08. The first-order valence-electron chi connectivity index (χ1n) is 7.33. The first kappa shape index (κ1) is 15.8. The van der Waals surface area contributed by atoms with Crippen molar-refractivity contribution in [1.29, 1.82) is 5.26 Å². The van der Waals surface area contributed by atoms with Gasteiger partial charge in [-0.15, -0.1) is 0 Å². The van der Waals surface area contributed by atoms with Crippen molar-refractivity contribution in [2.75, 3.05) is 13.1 Å². The minimum Gasteiger partial charge on any atom is -0.342 e. The molecule has 112 valence electrons. The molecule has 1 amide bonds. The molecule has 0 aliphatic heterocycles. The zero-order valence-electron chi connectivity index (χ0n) is 11.9. The van der Waals surface area contributed by atoms with E-state index in [2.05, 4.69) is 16.7 Å². The molecule has 2 rings (SSSR count). The Bertz CT molecular complexity index is 520. The fourth-order valence-corrected chi connectivity index (χ4v) is 3.15. The number of nitrogens with one attached hydrogen (secondary N) is 2. The Balaban J connectivity index is 2.02. The van der Waals surface area contributed by atoms with Crippen LogP contribution in [-0.2, 0) is 4.79 Å². The zero-order valence-corrected chi connectivity index (χ0v) is 12.7. The molecule has 1 aliphatic carbocycles. The molecule has 21 heavy (non-hydrogen) atoms. The van der Waals surface area contributed by atoms with Gasteiger partial charge in [-0.05, 0) is 36.5 Å². The number of carbonyl (C=O) groups excluding carboxylic acids is 1. The molecule has 0 saturated heterocycles. The molecular formula is C16H20ClN3O. The first-order valence-corrected chi connectivity index (χ1v) is 7.71. The van der Waals surface area contributed by atoms with Crippen molar-refractivity contribution in [3.8, 4) is 6.07 Å². The van der Waals surface area contributed by atoms with E-state index in [4.69, 9.17) is 16.9 Å². The molecule has 0 aromatic heterocycles. The molecule has 5 heteroatoms. The number of rotatable bonds is 6. The van der Waals surface area contributed by atoms with Crippen molar-refractivity contribution < 1.29 is 4.79 Å². The Kier molecular flexibility index (Phi) is 6.04. The van der Waals surface area contributed by atoms with Gasteiger partial charge in [-0.1, -0.05) is 36.6 Å². The lowest BCUT2D eigenvalue weighted by Crippen LogP contribution is -2.37. The highest BCUT2D eigenvalue weighted by molar-refractivity contribution is 6.30. The lowest BCUT2D eigenvalue weighted by atomic mass is 9.91. The van der Waals surface area contributed by atoms with Crippen molar-refractivity contribution >= 4 is 17.5 Å². The van der Waals surface area contributed by atoms with E-state index in [1.165, 1.54) is 25.7 Å². The van der Waals surface area contributed by atoms with Gasteiger partial charge >= 0.3 is 0 Å². The number of nitriles is 1. The number of hydrogen-bond donors (Lipinski definition) is 2. The van der Waals surface area contributed by atoms with Crippen molar-refractivity contribution in [2.24, 2.45) is 5.92 Å². The fraction of sp³-hybridized carbons (Fsp3) is 0.500. The van der Waals surface area contributed by atoms with E-state index in [0.29, 0.717) is 10.9 Å². The van der Waals surface area contributed by atoms with Crippen LogP contribution in [0.15, 0.2) is 24.3 Å². The molecule has 1 saturated carbocycles. The standard InChI is InChI=1S/C16H20ClN3O/c17-14-7-3-6-13(10-14)16(12-4-1-2-5-12)20-11-15(21)19-9-8-18/h3,6-7,10,12,16,20H,1-2,4-5,9,11H2,(H,19,21). The number of carbonyl (C=O) groups is 1. The van der Waals surface area contributed by atoms with Crippen LogP contribution in [0, 0.1) is 17.2 Å². The van der Waals surface area contributed by atoms with Gasteiger partial charge in [0.1, 0.15) is 6.54 Å². The summed E-state index contributed by atoms with van der Waals surface area (Å²) in [5.41, 5.74) is 1.13. The molecule has 1 fully saturated rings. The summed E-state index contributed by atoms with van der Waals surface area (Å²) in [6.07, 6.45) is 4.82.